The number of anilines is 1. The van der Waals surface area contributed by atoms with Crippen LogP contribution in [0.5, 0.6) is 0 Å². The van der Waals surface area contributed by atoms with Crippen LogP contribution in [0.25, 0.3) is 0 Å². The zero-order valence-electron chi connectivity index (χ0n) is 10.1. The van der Waals surface area contributed by atoms with Crippen molar-refractivity contribution in [3.8, 4) is 0 Å². The van der Waals surface area contributed by atoms with Crippen LogP contribution >= 0.6 is 12.4 Å². The minimum atomic E-state index is -0.534. The number of carbonyl (C=O) groups excluding carboxylic acids is 1. The molecule has 1 rings (SSSR count). The molecule has 96 valence electrons. The molecular weight excluding hydrogens is 240 g/mol. The van der Waals surface area contributed by atoms with E-state index in [0.717, 1.165) is 5.69 Å². The summed E-state index contributed by atoms with van der Waals surface area (Å²) in [5.41, 5.74) is 5.62. The third-order valence-electron chi connectivity index (χ3n) is 2.14. The Morgan fingerprint density at radius 2 is 1.94 bits per heavy atom. The van der Waals surface area contributed by atoms with Gasteiger partial charge in [-0.05, 0) is 38.9 Å². The quantitative estimate of drug-likeness (QED) is 0.873. The summed E-state index contributed by atoms with van der Waals surface area (Å²) < 4.78 is 5.25. The predicted octanol–water partition coefficient (Wildman–Crippen LogP) is 2.78. The topological polar surface area (TPSA) is 64.3 Å². The van der Waals surface area contributed by atoms with Gasteiger partial charge in [0.05, 0.1) is 0 Å². The SMILES string of the molecule is CC(C)(CCN)OC(=O)Nc1ccccc1.Cl. The van der Waals surface area contributed by atoms with Crippen molar-refractivity contribution < 1.29 is 9.53 Å². The van der Waals surface area contributed by atoms with Crippen LogP contribution in [-0.2, 0) is 4.74 Å². The number of para-hydroxylation sites is 1. The van der Waals surface area contributed by atoms with Gasteiger partial charge in [0, 0.05) is 5.69 Å². The number of ether oxygens (including phenoxy) is 1. The van der Waals surface area contributed by atoms with Crippen LogP contribution in [0.1, 0.15) is 20.3 Å². The molecule has 0 atom stereocenters. The van der Waals surface area contributed by atoms with Crippen molar-refractivity contribution in [3.05, 3.63) is 30.3 Å². The van der Waals surface area contributed by atoms with Crippen molar-refractivity contribution in [2.45, 2.75) is 25.9 Å². The van der Waals surface area contributed by atoms with E-state index in [1.54, 1.807) is 12.1 Å². The third kappa shape index (κ3) is 6.14. The van der Waals surface area contributed by atoms with Crippen LogP contribution in [0.2, 0.25) is 0 Å². The van der Waals surface area contributed by atoms with Gasteiger partial charge >= 0.3 is 6.09 Å². The first-order valence-corrected chi connectivity index (χ1v) is 5.28. The van der Waals surface area contributed by atoms with Gasteiger partial charge in [-0.15, -0.1) is 12.4 Å². The molecule has 5 heteroatoms. The number of amides is 1. The van der Waals surface area contributed by atoms with Gasteiger partial charge in [0.25, 0.3) is 0 Å². The maximum absolute atomic E-state index is 11.5. The van der Waals surface area contributed by atoms with Gasteiger partial charge in [-0.1, -0.05) is 18.2 Å². The molecule has 0 heterocycles. The summed E-state index contributed by atoms with van der Waals surface area (Å²) >= 11 is 0. The van der Waals surface area contributed by atoms with Gasteiger partial charge in [-0.2, -0.15) is 0 Å². The highest BCUT2D eigenvalue weighted by Gasteiger charge is 2.21. The third-order valence-corrected chi connectivity index (χ3v) is 2.14. The van der Waals surface area contributed by atoms with E-state index in [2.05, 4.69) is 5.32 Å². The van der Waals surface area contributed by atoms with Gasteiger partial charge in [0.15, 0.2) is 0 Å². The van der Waals surface area contributed by atoms with E-state index in [4.69, 9.17) is 10.5 Å². The molecule has 1 aromatic rings. The number of nitrogens with one attached hydrogen (secondary N) is 1. The summed E-state index contributed by atoms with van der Waals surface area (Å²) in [5, 5.41) is 2.65. The lowest BCUT2D eigenvalue weighted by Crippen LogP contribution is -2.32. The van der Waals surface area contributed by atoms with E-state index in [9.17, 15) is 4.79 Å². The van der Waals surface area contributed by atoms with Crippen LogP contribution in [0.15, 0.2) is 30.3 Å². The zero-order valence-corrected chi connectivity index (χ0v) is 10.9. The molecular formula is C12H19ClN2O2. The monoisotopic (exact) mass is 258 g/mol. The highest BCUT2D eigenvalue weighted by atomic mass is 35.5. The van der Waals surface area contributed by atoms with Gasteiger partial charge in [-0.25, -0.2) is 4.79 Å². The lowest BCUT2D eigenvalue weighted by atomic mass is 10.1. The Balaban J connectivity index is 0.00000256. The Morgan fingerprint density at radius 3 is 2.47 bits per heavy atom. The van der Waals surface area contributed by atoms with Crippen LogP contribution < -0.4 is 11.1 Å². The minimum absolute atomic E-state index is 0. The number of carbonyl (C=O) groups is 1. The molecule has 0 fully saturated rings. The molecule has 3 N–H and O–H groups in total. The second-order valence-corrected chi connectivity index (χ2v) is 4.18. The van der Waals surface area contributed by atoms with E-state index in [1.807, 2.05) is 32.0 Å². The van der Waals surface area contributed by atoms with Crippen molar-refractivity contribution in [1.82, 2.24) is 0 Å². The predicted molar refractivity (Wildman–Crippen MR) is 71.5 cm³/mol. The minimum Gasteiger partial charge on any atom is -0.443 e. The average molecular weight is 259 g/mol. The van der Waals surface area contributed by atoms with E-state index in [0.29, 0.717) is 13.0 Å². The number of benzene rings is 1. The van der Waals surface area contributed by atoms with Crippen LogP contribution in [0, 0.1) is 0 Å². The van der Waals surface area contributed by atoms with Gasteiger partial charge in [0.2, 0.25) is 0 Å². The molecule has 0 spiro atoms. The number of hydrogen-bond donors (Lipinski definition) is 2. The molecule has 1 amide bonds. The molecule has 0 saturated heterocycles. The summed E-state index contributed by atoms with van der Waals surface area (Å²) in [5.74, 6) is 0. The Bertz CT molecular complexity index is 342. The molecule has 1 aromatic carbocycles. The largest absolute Gasteiger partial charge is 0.443 e. The molecule has 0 aliphatic heterocycles. The van der Waals surface area contributed by atoms with Gasteiger partial charge in [0.1, 0.15) is 5.60 Å². The molecule has 0 unspecified atom stereocenters. The van der Waals surface area contributed by atoms with E-state index in [-0.39, 0.29) is 12.4 Å². The van der Waals surface area contributed by atoms with E-state index < -0.39 is 11.7 Å². The van der Waals surface area contributed by atoms with Gasteiger partial charge < -0.3 is 10.5 Å². The van der Waals surface area contributed by atoms with Crippen LogP contribution in [0.4, 0.5) is 10.5 Å². The number of hydrogen-bond acceptors (Lipinski definition) is 3. The average Bonchev–Trinajstić information content (AvgIpc) is 2.17. The number of halogens is 1. The Morgan fingerprint density at radius 1 is 1.35 bits per heavy atom. The molecule has 17 heavy (non-hydrogen) atoms. The first-order valence-electron chi connectivity index (χ1n) is 5.28. The summed E-state index contributed by atoms with van der Waals surface area (Å²) in [6, 6.07) is 9.19. The van der Waals surface area contributed by atoms with Crippen LogP contribution in [0.3, 0.4) is 0 Å². The second kappa shape index (κ2) is 7.14. The molecule has 0 aliphatic rings. The highest BCUT2D eigenvalue weighted by molar-refractivity contribution is 5.85. The lowest BCUT2D eigenvalue weighted by Gasteiger charge is -2.24. The Kier molecular flexibility index (Phi) is 6.61. The first-order chi connectivity index (χ1) is 7.53. The lowest BCUT2D eigenvalue weighted by molar-refractivity contribution is 0.0443. The number of rotatable bonds is 4. The maximum Gasteiger partial charge on any atom is 0.412 e. The normalized spacial score (nSPS) is 10.3. The summed E-state index contributed by atoms with van der Waals surface area (Å²) in [6.45, 7) is 4.17. The molecule has 0 bridgehead atoms. The molecule has 0 aliphatic carbocycles. The molecule has 0 radical (unpaired) electrons. The fraction of sp³-hybridized carbons (Fsp3) is 0.417. The molecule has 0 aromatic heterocycles. The van der Waals surface area contributed by atoms with E-state index in [1.165, 1.54) is 0 Å². The first kappa shape index (κ1) is 15.7. The number of nitrogens with two attached hydrogens (primary N) is 1. The standard InChI is InChI=1S/C12H18N2O2.ClH/c1-12(2,8-9-13)16-11(15)14-10-6-4-3-5-7-10;/h3-7H,8-9,13H2,1-2H3,(H,14,15);1H. The summed E-state index contributed by atoms with van der Waals surface area (Å²) in [7, 11) is 0. The molecule has 0 saturated carbocycles. The maximum atomic E-state index is 11.5. The highest BCUT2D eigenvalue weighted by Crippen LogP contribution is 2.15. The van der Waals surface area contributed by atoms with Crippen LogP contribution in [-0.4, -0.2) is 18.2 Å². The van der Waals surface area contributed by atoms with Gasteiger partial charge in [-0.3, -0.25) is 5.32 Å². The van der Waals surface area contributed by atoms with Crippen molar-refractivity contribution >= 4 is 24.2 Å². The second-order valence-electron chi connectivity index (χ2n) is 4.18. The Labute approximate surface area is 108 Å². The zero-order chi connectivity index (χ0) is 12.0. The molecule has 4 nitrogen and oxygen atoms in total. The van der Waals surface area contributed by atoms with Crippen molar-refractivity contribution in [2.75, 3.05) is 11.9 Å². The van der Waals surface area contributed by atoms with Crippen molar-refractivity contribution in [1.29, 1.82) is 0 Å². The van der Waals surface area contributed by atoms with Crippen molar-refractivity contribution in [3.63, 3.8) is 0 Å². The Hall–Kier alpha value is -1.26. The van der Waals surface area contributed by atoms with E-state index >= 15 is 0 Å². The fourth-order valence-electron chi connectivity index (χ4n) is 1.31. The summed E-state index contributed by atoms with van der Waals surface area (Å²) in [6.07, 6.45) is 0.180. The smallest absolute Gasteiger partial charge is 0.412 e. The van der Waals surface area contributed by atoms with Crippen molar-refractivity contribution in [2.24, 2.45) is 5.73 Å². The summed E-state index contributed by atoms with van der Waals surface area (Å²) in [4.78, 5) is 11.5. The fourth-order valence-corrected chi connectivity index (χ4v) is 1.31.